The number of ether oxygens (including phenoxy) is 3. The van der Waals surface area contributed by atoms with E-state index in [2.05, 4.69) is 41.5 Å². The molecule has 0 aliphatic heterocycles. The molecule has 1 amide bonds. The van der Waals surface area contributed by atoms with Gasteiger partial charge in [-0.25, -0.2) is 0 Å². The van der Waals surface area contributed by atoms with Crippen LogP contribution >= 0.6 is 11.3 Å². The minimum absolute atomic E-state index is 0. The highest BCUT2D eigenvalue weighted by Crippen LogP contribution is 2.32. The van der Waals surface area contributed by atoms with Crippen molar-refractivity contribution in [2.45, 2.75) is 97.4 Å². The van der Waals surface area contributed by atoms with Gasteiger partial charge in [-0.15, -0.1) is 0 Å². The van der Waals surface area contributed by atoms with Crippen molar-refractivity contribution in [2.24, 2.45) is 0 Å². The quantitative estimate of drug-likeness (QED) is 0.121. The van der Waals surface area contributed by atoms with E-state index in [-0.39, 0.29) is 29.5 Å². The van der Waals surface area contributed by atoms with Gasteiger partial charge in [0.1, 0.15) is 5.75 Å². The van der Waals surface area contributed by atoms with Crippen molar-refractivity contribution in [3.8, 4) is 17.2 Å². The Kier molecular flexibility index (Phi) is 17.9. The highest BCUT2D eigenvalue weighted by atomic mass is 79.9. The standard InChI is InChI=1S/C34H48N2O4S.BrH/c1-4-5-6-7-8-9-10-11-12-13-14-15-21-39-33-23-31(38-3)19-20-32(33)40-26-34(37)35-30-18-16-17-29(22-30)25-36-24-28(2)41-27-36;/h16-20,22-24,27H,4-15,21,25-26H2,1-3H3;1H. The summed E-state index contributed by atoms with van der Waals surface area (Å²) in [6, 6.07) is 13.3. The monoisotopic (exact) mass is 660 g/mol. The number of aryl methyl sites for hydroxylation is 1. The molecule has 3 rings (SSSR count). The molecule has 0 spiro atoms. The highest BCUT2D eigenvalue weighted by molar-refractivity contribution is 7.09. The summed E-state index contributed by atoms with van der Waals surface area (Å²) in [6.45, 7) is 5.63. The maximum atomic E-state index is 12.7. The van der Waals surface area contributed by atoms with Crippen molar-refractivity contribution in [2.75, 3.05) is 25.6 Å². The van der Waals surface area contributed by atoms with Gasteiger partial charge >= 0.3 is 0 Å². The van der Waals surface area contributed by atoms with E-state index in [4.69, 9.17) is 14.2 Å². The SMILES string of the molecule is CCCCCCCCCCCCCCOc1cc(OC)ccc1OCC(=O)Nc1cccc(C[n+]2csc(C)c2)c1.[Br-]. The second kappa shape index (κ2) is 21.2. The van der Waals surface area contributed by atoms with Gasteiger partial charge in [0, 0.05) is 17.3 Å². The topological polar surface area (TPSA) is 60.7 Å². The lowest BCUT2D eigenvalue weighted by atomic mass is 10.1. The van der Waals surface area contributed by atoms with Crippen molar-refractivity contribution < 1.29 is 40.6 Å². The van der Waals surface area contributed by atoms with E-state index < -0.39 is 0 Å². The average molecular weight is 662 g/mol. The van der Waals surface area contributed by atoms with E-state index >= 15 is 0 Å². The molecule has 0 unspecified atom stereocenters. The number of carbonyl (C=O) groups is 1. The number of benzene rings is 2. The van der Waals surface area contributed by atoms with Crippen LogP contribution in [0.4, 0.5) is 5.69 Å². The first-order valence-electron chi connectivity index (χ1n) is 15.3. The Morgan fingerprint density at radius 2 is 1.55 bits per heavy atom. The van der Waals surface area contributed by atoms with Gasteiger partial charge in [-0.1, -0.05) is 101 Å². The number of hydrogen-bond donors (Lipinski definition) is 1. The zero-order chi connectivity index (χ0) is 29.1. The number of nitrogens with zero attached hydrogens (tertiary/aromatic N) is 1. The molecular formula is C34H49BrN2O4S. The van der Waals surface area contributed by atoms with Crippen LogP contribution in [0.3, 0.4) is 0 Å². The molecule has 0 bridgehead atoms. The number of nitrogens with one attached hydrogen (secondary N) is 1. The normalized spacial score (nSPS) is 10.6. The molecule has 1 heterocycles. The number of aromatic nitrogens is 1. The van der Waals surface area contributed by atoms with Gasteiger partial charge in [0.2, 0.25) is 5.51 Å². The molecule has 1 N–H and O–H groups in total. The van der Waals surface area contributed by atoms with Gasteiger partial charge in [0.25, 0.3) is 5.91 Å². The molecule has 1 aromatic heterocycles. The molecule has 8 heteroatoms. The fraction of sp³-hybridized carbons (Fsp3) is 0.529. The summed E-state index contributed by atoms with van der Waals surface area (Å²) < 4.78 is 19.4. The smallest absolute Gasteiger partial charge is 0.262 e. The predicted molar refractivity (Wildman–Crippen MR) is 168 cm³/mol. The van der Waals surface area contributed by atoms with Crippen molar-refractivity contribution >= 4 is 22.9 Å². The zero-order valence-corrected chi connectivity index (χ0v) is 28.1. The Morgan fingerprint density at radius 1 is 0.857 bits per heavy atom. The predicted octanol–water partition coefficient (Wildman–Crippen LogP) is 5.50. The Labute approximate surface area is 267 Å². The average Bonchev–Trinajstić information content (AvgIpc) is 3.38. The molecule has 2 aromatic carbocycles. The molecular weight excluding hydrogens is 612 g/mol. The van der Waals surface area contributed by atoms with Gasteiger partial charge in [-0.3, -0.25) is 4.79 Å². The summed E-state index contributed by atoms with van der Waals surface area (Å²) in [5.74, 6) is 1.62. The third-order valence-electron chi connectivity index (χ3n) is 7.06. The molecule has 0 atom stereocenters. The third-order valence-corrected chi connectivity index (χ3v) is 7.92. The maximum Gasteiger partial charge on any atom is 0.262 e. The first kappa shape index (κ1) is 35.6. The van der Waals surface area contributed by atoms with Crippen LogP contribution < -0.4 is 41.1 Å². The number of amides is 1. The molecule has 42 heavy (non-hydrogen) atoms. The minimum Gasteiger partial charge on any atom is -1.00 e. The van der Waals surface area contributed by atoms with Crippen molar-refractivity contribution in [3.63, 3.8) is 0 Å². The summed E-state index contributed by atoms with van der Waals surface area (Å²) in [5.41, 5.74) is 3.97. The molecule has 0 saturated heterocycles. The summed E-state index contributed by atoms with van der Waals surface area (Å²) in [6.07, 6.45) is 17.8. The van der Waals surface area contributed by atoms with Gasteiger partial charge < -0.3 is 36.5 Å². The van der Waals surface area contributed by atoms with Crippen LogP contribution in [0.25, 0.3) is 0 Å². The number of anilines is 1. The largest absolute Gasteiger partial charge is 1.00 e. The maximum absolute atomic E-state index is 12.7. The van der Waals surface area contributed by atoms with Gasteiger partial charge in [-0.05, 0) is 37.6 Å². The summed E-state index contributed by atoms with van der Waals surface area (Å²) in [5, 5.41) is 2.95. The van der Waals surface area contributed by atoms with Crippen molar-refractivity contribution in [1.29, 1.82) is 0 Å². The lowest BCUT2D eigenvalue weighted by molar-refractivity contribution is -0.683. The third kappa shape index (κ3) is 14.1. The van der Waals surface area contributed by atoms with Gasteiger partial charge in [0.05, 0.1) is 18.6 Å². The summed E-state index contributed by atoms with van der Waals surface area (Å²) >= 11 is 1.72. The van der Waals surface area contributed by atoms with Crippen molar-refractivity contribution in [3.05, 3.63) is 64.6 Å². The Balaban J connectivity index is 0.00000616. The van der Waals surface area contributed by atoms with Crippen LogP contribution in [-0.4, -0.2) is 26.2 Å². The number of halogens is 1. The number of rotatable bonds is 21. The molecule has 0 aliphatic carbocycles. The molecule has 3 aromatic rings. The first-order valence-corrected chi connectivity index (χ1v) is 16.2. The van der Waals surface area contributed by atoms with Crippen LogP contribution in [0.2, 0.25) is 0 Å². The first-order chi connectivity index (χ1) is 20.1. The zero-order valence-electron chi connectivity index (χ0n) is 25.7. The molecule has 0 saturated carbocycles. The molecule has 6 nitrogen and oxygen atoms in total. The number of carbonyl (C=O) groups excluding carboxylic acids is 1. The van der Waals surface area contributed by atoms with Crippen LogP contribution in [0.5, 0.6) is 17.2 Å². The van der Waals surface area contributed by atoms with E-state index in [0.717, 1.165) is 30.6 Å². The van der Waals surface area contributed by atoms with E-state index in [9.17, 15) is 4.79 Å². The van der Waals surface area contributed by atoms with E-state index in [0.29, 0.717) is 23.9 Å². The van der Waals surface area contributed by atoms with E-state index in [1.807, 2.05) is 30.3 Å². The van der Waals surface area contributed by atoms with Crippen molar-refractivity contribution in [1.82, 2.24) is 0 Å². The minimum atomic E-state index is -0.219. The fourth-order valence-electron chi connectivity index (χ4n) is 4.80. The second-order valence-electron chi connectivity index (χ2n) is 10.7. The Hall–Kier alpha value is -2.58. The molecule has 0 radical (unpaired) electrons. The van der Waals surface area contributed by atoms with E-state index in [1.54, 1.807) is 24.5 Å². The van der Waals surface area contributed by atoms with Crippen LogP contribution in [0.1, 0.15) is 94.4 Å². The van der Waals surface area contributed by atoms with Gasteiger partial charge in [-0.2, -0.15) is 4.57 Å². The lowest BCUT2D eigenvalue weighted by Crippen LogP contribution is -3.00. The molecule has 232 valence electrons. The number of unbranched alkanes of at least 4 members (excludes halogenated alkanes) is 11. The van der Waals surface area contributed by atoms with Crippen LogP contribution in [0.15, 0.2) is 54.2 Å². The summed E-state index contributed by atoms with van der Waals surface area (Å²) in [4.78, 5) is 13.9. The number of thiazole rings is 1. The van der Waals surface area contributed by atoms with E-state index in [1.165, 1.54) is 69.1 Å². The fourth-order valence-corrected chi connectivity index (χ4v) is 5.43. The Bertz CT molecular complexity index is 1170. The van der Waals surface area contributed by atoms with Gasteiger partial charge in [0.15, 0.2) is 30.8 Å². The second-order valence-corrected chi connectivity index (χ2v) is 11.8. The highest BCUT2D eigenvalue weighted by Gasteiger charge is 2.12. The van der Waals surface area contributed by atoms with Crippen LogP contribution in [0, 0.1) is 6.92 Å². The molecule has 0 fully saturated rings. The summed E-state index contributed by atoms with van der Waals surface area (Å²) in [7, 11) is 1.63. The number of hydrogen-bond acceptors (Lipinski definition) is 5. The molecule has 0 aliphatic rings. The Morgan fingerprint density at radius 3 is 2.19 bits per heavy atom. The number of methoxy groups -OCH3 is 1. The van der Waals surface area contributed by atoms with Crippen LogP contribution in [-0.2, 0) is 11.3 Å². The lowest BCUT2D eigenvalue weighted by Gasteiger charge is -2.14.